The Balaban J connectivity index is 3.00. The minimum atomic E-state index is -1.21. The van der Waals surface area contributed by atoms with Crippen LogP contribution in [-0.4, -0.2) is 6.26 Å². The van der Waals surface area contributed by atoms with Gasteiger partial charge in [0.05, 0.1) is 0 Å². The Kier molecular flexibility index (Phi) is 2.06. The van der Waals surface area contributed by atoms with Crippen LogP contribution in [0.5, 0.6) is 0 Å². The maximum atomic E-state index is 10.9. The number of benzene rings is 1. The van der Waals surface area contributed by atoms with E-state index < -0.39 is 10.8 Å². The van der Waals surface area contributed by atoms with E-state index in [-0.39, 0.29) is 0 Å². The monoisotopic (exact) mass is 156 g/mol. The summed E-state index contributed by atoms with van der Waals surface area (Å²) in [4.78, 5) is 0.851. The number of rotatable bonds is 1. The summed E-state index contributed by atoms with van der Waals surface area (Å²) in [5.74, 6) is 0. The lowest BCUT2D eigenvalue weighted by molar-refractivity contribution is 0.598. The predicted octanol–water partition coefficient (Wildman–Crippen LogP) is 0.954. The minimum Gasteiger partial charge on any atom is -0.399 e. The molecule has 1 aromatic rings. The molecule has 0 saturated heterocycles. The van der Waals surface area contributed by atoms with Crippen molar-refractivity contribution in [1.82, 2.24) is 0 Å². The highest BCUT2D eigenvalue weighted by Gasteiger charge is 1.99. The van der Waals surface area contributed by atoms with Gasteiger partial charge in [-0.1, -0.05) is 0 Å². The van der Waals surface area contributed by atoms with Crippen LogP contribution in [0.2, 0.25) is 0 Å². The largest absolute Gasteiger partial charge is 0.399 e. The first kappa shape index (κ1) is 7.28. The van der Waals surface area contributed by atoms with Crippen molar-refractivity contribution < 1.29 is 4.21 Å². The molecule has 0 aliphatic carbocycles. The molecular weight excluding hydrogens is 146 g/mol. The van der Waals surface area contributed by atoms with Crippen molar-refractivity contribution in [2.45, 2.75) is 4.90 Å². The van der Waals surface area contributed by atoms with Crippen LogP contribution >= 0.6 is 0 Å². The van der Waals surface area contributed by atoms with E-state index in [0.717, 1.165) is 4.90 Å². The van der Waals surface area contributed by atoms with Gasteiger partial charge in [-0.2, -0.15) is 0 Å². The molecule has 0 spiro atoms. The molecule has 0 aliphatic rings. The molecule has 0 bridgehead atoms. The summed E-state index contributed by atoms with van der Waals surface area (Å²) in [6.07, 6.45) is 1.68. The first-order valence-electron chi connectivity index (χ1n) is 2.96. The number of nitrogens with two attached hydrogens (primary N) is 1. The van der Waals surface area contributed by atoms with Crippen molar-refractivity contribution in [1.29, 1.82) is 0 Å². The summed E-state index contributed by atoms with van der Waals surface area (Å²) in [6.45, 7) is 0. The second-order valence-electron chi connectivity index (χ2n) is 2.09. The summed E-state index contributed by atoms with van der Waals surface area (Å²) in [7, 11) is -1.21. The second kappa shape index (κ2) is 2.84. The third-order valence-corrected chi connectivity index (χ3v) is 2.28. The summed E-state index contributed by atoms with van der Waals surface area (Å²) >= 11 is 0. The van der Waals surface area contributed by atoms with Gasteiger partial charge in [0.1, 0.15) is 17.1 Å². The van der Waals surface area contributed by atoms with E-state index in [0.29, 0.717) is 5.69 Å². The highest BCUT2D eigenvalue weighted by molar-refractivity contribution is 7.84. The van der Waals surface area contributed by atoms with Gasteiger partial charge >= 0.3 is 0 Å². The van der Waals surface area contributed by atoms with Gasteiger partial charge in [-0.15, -0.1) is 4.21 Å². The molecule has 10 heavy (non-hydrogen) atoms. The molecule has 1 atom stereocenters. The summed E-state index contributed by atoms with van der Waals surface area (Å²) in [6, 6.07) is 7.08. The number of hydrogen-bond donors (Lipinski definition) is 1. The standard InChI is InChI=1S/C7H9NOS/c1-10(9)7-4-2-6(8)3-5-7/h2-5H,8H2,1H3/p+1. The van der Waals surface area contributed by atoms with Gasteiger partial charge in [0.2, 0.25) is 0 Å². The highest BCUT2D eigenvalue weighted by atomic mass is 32.2. The van der Waals surface area contributed by atoms with Crippen LogP contribution in [0.25, 0.3) is 0 Å². The summed E-state index contributed by atoms with van der Waals surface area (Å²) in [5, 5.41) is 0. The van der Waals surface area contributed by atoms with Crippen molar-refractivity contribution in [2.24, 2.45) is 0 Å². The average molecular weight is 156 g/mol. The van der Waals surface area contributed by atoms with Crippen molar-refractivity contribution in [3.05, 3.63) is 24.3 Å². The van der Waals surface area contributed by atoms with Crippen LogP contribution in [0.3, 0.4) is 0 Å². The topological polar surface area (TPSA) is 43.1 Å². The van der Waals surface area contributed by atoms with Gasteiger partial charge < -0.3 is 5.73 Å². The van der Waals surface area contributed by atoms with Crippen LogP contribution in [0.15, 0.2) is 29.2 Å². The smallest absolute Gasteiger partial charge is 0.155 e. The van der Waals surface area contributed by atoms with E-state index in [1.807, 2.05) is 0 Å². The van der Waals surface area contributed by atoms with Gasteiger partial charge in [-0.25, -0.2) is 0 Å². The average Bonchev–Trinajstić information content (AvgIpc) is 1.88. The molecule has 0 radical (unpaired) electrons. The lowest BCUT2D eigenvalue weighted by Crippen LogP contribution is -1.87. The predicted molar refractivity (Wildman–Crippen MR) is 44.5 cm³/mol. The lowest BCUT2D eigenvalue weighted by Gasteiger charge is -1.90. The van der Waals surface area contributed by atoms with Gasteiger partial charge in [0, 0.05) is 5.69 Å². The fraction of sp³-hybridized carbons (Fsp3) is 0.143. The van der Waals surface area contributed by atoms with E-state index in [1.165, 1.54) is 0 Å². The highest BCUT2D eigenvalue weighted by Crippen LogP contribution is 2.07. The molecule has 1 unspecified atom stereocenters. The zero-order chi connectivity index (χ0) is 7.56. The molecule has 54 valence electrons. The fourth-order valence-corrected chi connectivity index (χ4v) is 1.25. The van der Waals surface area contributed by atoms with Crippen molar-refractivity contribution in [2.75, 3.05) is 12.0 Å². The number of thiol groups is 1. The summed E-state index contributed by atoms with van der Waals surface area (Å²) in [5.41, 5.74) is 6.14. The minimum absolute atomic E-state index is 0.709. The Morgan fingerprint density at radius 3 is 2.20 bits per heavy atom. The molecular formula is C7H10NOS+. The molecule has 3 heteroatoms. The molecule has 0 fully saturated rings. The van der Waals surface area contributed by atoms with Crippen molar-refractivity contribution in [3.63, 3.8) is 0 Å². The number of nitrogen functional groups attached to an aromatic ring is 1. The van der Waals surface area contributed by atoms with Crippen LogP contribution in [0.4, 0.5) is 5.69 Å². The maximum absolute atomic E-state index is 10.9. The molecule has 1 aromatic carbocycles. The van der Waals surface area contributed by atoms with Gasteiger partial charge in [0.15, 0.2) is 4.90 Å². The molecule has 0 amide bonds. The molecule has 1 rings (SSSR count). The molecule has 2 N–H and O–H groups in total. The normalized spacial score (nSPS) is 12.9. The number of anilines is 1. The molecule has 0 heterocycles. The van der Waals surface area contributed by atoms with Gasteiger partial charge in [0.25, 0.3) is 0 Å². The lowest BCUT2D eigenvalue weighted by atomic mass is 10.3. The quantitative estimate of drug-likeness (QED) is 0.374. The SMILES string of the molecule is C[SH+](=O)c1ccc(N)cc1. The Morgan fingerprint density at radius 2 is 1.80 bits per heavy atom. The van der Waals surface area contributed by atoms with Gasteiger partial charge in [-0.3, -0.25) is 0 Å². The Bertz CT molecular complexity index is 242. The fourth-order valence-electron chi connectivity index (χ4n) is 0.684. The molecule has 0 aliphatic heterocycles. The second-order valence-corrected chi connectivity index (χ2v) is 3.60. The summed E-state index contributed by atoms with van der Waals surface area (Å²) < 4.78 is 10.9. The third kappa shape index (κ3) is 1.57. The van der Waals surface area contributed by atoms with E-state index in [2.05, 4.69) is 0 Å². The number of hydrogen-bond acceptors (Lipinski definition) is 2. The Hall–Kier alpha value is -0.830. The molecule has 0 saturated carbocycles. The Morgan fingerprint density at radius 1 is 1.30 bits per heavy atom. The van der Waals surface area contributed by atoms with Crippen molar-refractivity contribution in [3.8, 4) is 0 Å². The van der Waals surface area contributed by atoms with E-state index in [1.54, 1.807) is 30.5 Å². The zero-order valence-corrected chi connectivity index (χ0v) is 6.64. The molecule has 2 nitrogen and oxygen atoms in total. The van der Waals surface area contributed by atoms with Crippen LogP contribution < -0.4 is 5.73 Å². The van der Waals surface area contributed by atoms with Crippen molar-refractivity contribution >= 4 is 16.5 Å². The van der Waals surface area contributed by atoms with Gasteiger partial charge in [-0.05, 0) is 24.3 Å². The molecule has 0 aromatic heterocycles. The zero-order valence-electron chi connectivity index (χ0n) is 5.74. The third-order valence-electron chi connectivity index (χ3n) is 1.26. The Labute approximate surface area is 62.5 Å². The van der Waals surface area contributed by atoms with E-state index >= 15 is 0 Å². The van der Waals surface area contributed by atoms with Crippen LogP contribution in [0.1, 0.15) is 0 Å². The van der Waals surface area contributed by atoms with E-state index in [4.69, 9.17) is 5.73 Å². The van der Waals surface area contributed by atoms with Crippen LogP contribution in [-0.2, 0) is 15.0 Å². The van der Waals surface area contributed by atoms with Crippen LogP contribution in [0, 0.1) is 0 Å². The maximum Gasteiger partial charge on any atom is 0.155 e. The first-order valence-corrected chi connectivity index (χ1v) is 4.67. The first-order chi connectivity index (χ1) is 4.70. The van der Waals surface area contributed by atoms with E-state index in [9.17, 15) is 4.21 Å².